The van der Waals surface area contributed by atoms with Crippen molar-refractivity contribution in [1.29, 1.82) is 0 Å². The number of piperidine rings is 1. The molecule has 3 rings (SSSR count). The number of para-hydroxylation sites is 1. The third-order valence-electron chi connectivity index (χ3n) is 4.91. The molecule has 0 spiro atoms. The number of amides is 2. The quantitative estimate of drug-likeness (QED) is 0.867. The molecule has 1 aliphatic rings. The van der Waals surface area contributed by atoms with Gasteiger partial charge in [0.2, 0.25) is 5.91 Å². The van der Waals surface area contributed by atoms with E-state index < -0.39 is 0 Å². The summed E-state index contributed by atoms with van der Waals surface area (Å²) in [5.41, 5.74) is 2.54. The highest BCUT2D eigenvalue weighted by atomic mass is 35.5. The summed E-state index contributed by atoms with van der Waals surface area (Å²) in [7, 11) is 0. The van der Waals surface area contributed by atoms with Gasteiger partial charge in [0.1, 0.15) is 0 Å². The van der Waals surface area contributed by atoms with Crippen molar-refractivity contribution in [1.82, 2.24) is 4.90 Å². The fourth-order valence-electron chi connectivity index (χ4n) is 3.34. The maximum absolute atomic E-state index is 12.6. The van der Waals surface area contributed by atoms with Crippen LogP contribution in [-0.4, -0.2) is 29.8 Å². The summed E-state index contributed by atoms with van der Waals surface area (Å²) in [5, 5.41) is 3.52. The Labute approximate surface area is 159 Å². The van der Waals surface area contributed by atoms with Gasteiger partial charge in [-0.1, -0.05) is 48.9 Å². The summed E-state index contributed by atoms with van der Waals surface area (Å²) in [4.78, 5) is 27.0. The number of hydrogen-bond donors (Lipinski definition) is 1. The lowest BCUT2D eigenvalue weighted by molar-refractivity contribution is -0.121. The van der Waals surface area contributed by atoms with Crippen molar-refractivity contribution in [3.63, 3.8) is 0 Å². The first-order valence-corrected chi connectivity index (χ1v) is 9.40. The van der Waals surface area contributed by atoms with Crippen LogP contribution in [0.15, 0.2) is 48.5 Å². The van der Waals surface area contributed by atoms with Crippen molar-refractivity contribution in [2.45, 2.75) is 26.2 Å². The second-order valence-electron chi connectivity index (χ2n) is 6.55. The molecule has 1 heterocycles. The van der Waals surface area contributed by atoms with Crippen LogP contribution in [-0.2, 0) is 11.2 Å². The normalized spacial score (nSPS) is 14.9. The molecule has 1 aliphatic heterocycles. The number of halogens is 1. The van der Waals surface area contributed by atoms with E-state index in [0.29, 0.717) is 36.5 Å². The lowest BCUT2D eigenvalue weighted by Gasteiger charge is -2.31. The van der Waals surface area contributed by atoms with E-state index in [1.807, 2.05) is 36.4 Å². The molecule has 1 N–H and O–H groups in total. The Hall–Kier alpha value is -2.33. The van der Waals surface area contributed by atoms with Gasteiger partial charge in [-0.05, 0) is 43.0 Å². The third-order valence-corrected chi connectivity index (χ3v) is 5.24. The molecule has 0 saturated carbocycles. The van der Waals surface area contributed by atoms with Crippen LogP contribution in [0.1, 0.15) is 35.7 Å². The second-order valence-corrected chi connectivity index (χ2v) is 6.95. The zero-order chi connectivity index (χ0) is 18.5. The van der Waals surface area contributed by atoms with Crippen LogP contribution in [0, 0.1) is 5.92 Å². The largest absolute Gasteiger partial charge is 0.339 e. The minimum absolute atomic E-state index is 0.0377. The topological polar surface area (TPSA) is 49.4 Å². The Morgan fingerprint density at radius 1 is 1.08 bits per heavy atom. The van der Waals surface area contributed by atoms with Crippen molar-refractivity contribution >= 4 is 29.1 Å². The Morgan fingerprint density at radius 3 is 2.42 bits per heavy atom. The van der Waals surface area contributed by atoms with Gasteiger partial charge in [0.05, 0.1) is 10.6 Å². The molecule has 1 saturated heterocycles. The number of benzene rings is 2. The van der Waals surface area contributed by atoms with Gasteiger partial charge in [-0.2, -0.15) is 0 Å². The zero-order valence-corrected chi connectivity index (χ0v) is 15.6. The number of carbonyl (C=O) groups is 2. The number of nitrogens with zero attached hydrogens (tertiary/aromatic N) is 1. The van der Waals surface area contributed by atoms with Crippen molar-refractivity contribution in [2.75, 3.05) is 18.4 Å². The van der Waals surface area contributed by atoms with Gasteiger partial charge in [-0.3, -0.25) is 9.59 Å². The first-order valence-electron chi connectivity index (χ1n) is 9.02. The molecule has 0 radical (unpaired) electrons. The lowest BCUT2D eigenvalue weighted by Crippen LogP contribution is -2.41. The predicted molar refractivity (Wildman–Crippen MR) is 105 cm³/mol. The van der Waals surface area contributed by atoms with E-state index in [2.05, 4.69) is 12.2 Å². The average molecular weight is 371 g/mol. The summed E-state index contributed by atoms with van der Waals surface area (Å²) in [6, 6.07) is 15.0. The molecular formula is C21H23ClN2O2. The highest BCUT2D eigenvalue weighted by Gasteiger charge is 2.28. The average Bonchev–Trinajstić information content (AvgIpc) is 2.68. The molecule has 0 aromatic heterocycles. The van der Waals surface area contributed by atoms with E-state index >= 15 is 0 Å². The van der Waals surface area contributed by atoms with Crippen LogP contribution in [0.2, 0.25) is 5.02 Å². The minimum Gasteiger partial charge on any atom is -0.339 e. The van der Waals surface area contributed by atoms with Gasteiger partial charge in [0, 0.05) is 24.7 Å². The van der Waals surface area contributed by atoms with Crippen LogP contribution in [0.4, 0.5) is 5.69 Å². The Kier molecular flexibility index (Phi) is 5.94. The number of rotatable bonds is 4. The molecule has 2 aromatic rings. The first kappa shape index (κ1) is 18.5. The van der Waals surface area contributed by atoms with Crippen molar-refractivity contribution < 1.29 is 9.59 Å². The maximum atomic E-state index is 12.6. The third kappa shape index (κ3) is 4.07. The summed E-state index contributed by atoms with van der Waals surface area (Å²) < 4.78 is 0. The fourth-order valence-corrected chi connectivity index (χ4v) is 3.55. The van der Waals surface area contributed by atoms with Crippen LogP contribution < -0.4 is 5.32 Å². The second kappa shape index (κ2) is 8.37. The van der Waals surface area contributed by atoms with Crippen LogP contribution in [0.5, 0.6) is 0 Å². The highest BCUT2D eigenvalue weighted by molar-refractivity contribution is 6.33. The van der Waals surface area contributed by atoms with E-state index in [1.54, 1.807) is 17.0 Å². The van der Waals surface area contributed by atoms with Gasteiger partial charge >= 0.3 is 0 Å². The summed E-state index contributed by atoms with van der Waals surface area (Å²) in [5.74, 6) is -0.100. The Bertz CT molecular complexity index is 798. The molecule has 136 valence electrons. The number of aryl methyl sites for hydroxylation is 1. The molecule has 5 heteroatoms. The van der Waals surface area contributed by atoms with Gasteiger partial charge in [0.15, 0.2) is 0 Å². The monoisotopic (exact) mass is 370 g/mol. The summed E-state index contributed by atoms with van der Waals surface area (Å²) in [6.45, 7) is 3.21. The van der Waals surface area contributed by atoms with Gasteiger partial charge < -0.3 is 10.2 Å². The number of anilines is 1. The van der Waals surface area contributed by atoms with Gasteiger partial charge in [-0.25, -0.2) is 0 Å². The highest BCUT2D eigenvalue weighted by Crippen LogP contribution is 2.24. The van der Waals surface area contributed by atoms with Crippen molar-refractivity contribution in [3.05, 3.63) is 64.7 Å². The molecule has 4 nitrogen and oxygen atoms in total. The summed E-state index contributed by atoms with van der Waals surface area (Å²) in [6.07, 6.45) is 2.20. The van der Waals surface area contributed by atoms with Gasteiger partial charge in [-0.15, -0.1) is 0 Å². The van der Waals surface area contributed by atoms with E-state index in [9.17, 15) is 9.59 Å². The summed E-state index contributed by atoms with van der Waals surface area (Å²) >= 11 is 6.12. The fraction of sp³-hybridized carbons (Fsp3) is 0.333. The molecule has 0 atom stereocenters. The van der Waals surface area contributed by atoms with Gasteiger partial charge in [0.25, 0.3) is 5.91 Å². The Balaban J connectivity index is 1.59. The molecule has 0 unspecified atom stereocenters. The molecule has 1 fully saturated rings. The minimum atomic E-state index is -0.0739. The molecule has 2 amide bonds. The van der Waals surface area contributed by atoms with E-state index in [4.69, 9.17) is 11.6 Å². The van der Waals surface area contributed by atoms with Crippen molar-refractivity contribution in [2.24, 2.45) is 5.92 Å². The maximum Gasteiger partial charge on any atom is 0.255 e. The number of carbonyl (C=O) groups excluding carboxylic acids is 2. The van der Waals surface area contributed by atoms with E-state index in [-0.39, 0.29) is 17.7 Å². The smallest absolute Gasteiger partial charge is 0.255 e. The molecule has 0 aliphatic carbocycles. The molecular weight excluding hydrogens is 348 g/mol. The zero-order valence-electron chi connectivity index (χ0n) is 14.9. The van der Waals surface area contributed by atoms with Crippen LogP contribution >= 0.6 is 11.6 Å². The van der Waals surface area contributed by atoms with Crippen LogP contribution in [0.3, 0.4) is 0 Å². The van der Waals surface area contributed by atoms with Crippen LogP contribution in [0.25, 0.3) is 0 Å². The van der Waals surface area contributed by atoms with E-state index in [1.165, 1.54) is 0 Å². The lowest BCUT2D eigenvalue weighted by atomic mass is 9.95. The standard InChI is InChI=1S/C21H23ClN2O2/c1-2-15-7-3-6-10-19(15)23-20(25)16-11-13-24(14-12-16)21(26)17-8-4-5-9-18(17)22/h3-10,16H,2,11-14H2,1H3,(H,23,25). The number of hydrogen-bond acceptors (Lipinski definition) is 2. The number of likely N-dealkylation sites (tertiary alicyclic amines) is 1. The van der Waals surface area contributed by atoms with E-state index in [0.717, 1.165) is 17.7 Å². The van der Waals surface area contributed by atoms with Crippen molar-refractivity contribution in [3.8, 4) is 0 Å². The molecule has 0 bridgehead atoms. The predicted octanol–water partition coefficient (Wildman–Crippen LogP) is 4.39. The Morgan fingerprint density at radius 2 is 1.73 bits per heavy atom. The number of nitrogens with one attached hydrogen (secondary N) is 1. The first-order chi connectivity index (χ1) is 12.6. The molecule has 2 aromatic carbocycles. The SMILES string of the molecule is CCc1ccccc1NC(=O)C1CCN(C(=O)c2ccccc2Cl)CC1. The molecule has 26 heavy (non-hydrogen) atoms.